The van der Waals surface area contributed by atoms with Gasteiger partial charge in [-0.2, -0.15) is 0 Å². The molecule has 1 saturated heterocycles. The van der Waals surface area contributed by atoms with Crippen molar-refractivity contribution in [1.29, 1.82) is 0 Å². The molecule has 0 aliphatic carbocycles. The van der Waals surface area contributed by atoms with E-state index in [4.69, 9.17) is 10.5 Å². The monoisotopic (exact) mass is 263 g/mol. The van der Waals surface area contributed by atoms with Crippen LogP contribution in [0.25, 0.3) is 0 Å². The number of likely N-dealkylation sites (tertiary alicyclic amines) is 1. The summed E-state index contributed by atoms with van der Waals surface area (Å²) in [7, 11) is 6.00. The first-order valence-electron chi connectivity index (χ1n) is 6.80. The van der Waals surface area contributed by atoms with Crippen LogP contribution >= 0.6 is 0 Å². The molecule has 2 N–H and O–H groups in total. The molecule has 0 saturated carbocycles. The Morgan fingerprint density at radius 3 is 2.47 bits per heavy atom. The molecule has 106 valence electrons. The molecule has 1 aromatic carbocycles. The number of benzene rings is 1. The second-order valence-corrected chi connectivity index (χ2v) is 5.65. The minimum atomic E-state index is 0.0305. The summed E-state index contributed by atoms with van der Waals surface area (Å²) in [4.78, 5) is 4.71. The van der Waals surface area contributed by atoms with Crippen LogP contribution in [0.2, 0.25) is 0 Å². The molecule has 0 spiro atoms. The predicted molar refractivity (Wildman–Crippen MR) is 79.9 cm³/mol. The number of nitrogens with two attached hydrogens (primary N) is 1. The minimum Gasteiger partial charge on any atom is -0.497 e. The van der Waals surface area contributed by atoms with Gasteiger partial charge < -0.3 is 20.3 Å². The molecule has 1 aliphatic rings. The number of anilines is 1. The third-order valence-electron chi connectivity index (χ3n) is 4.52. The van der Waals surface area contributed by atoms with E-state index >= 15 is 0 Å². The van der Waals surface area contributed by atoms with Gasteiger partial charge in [0.25, 0.3) is 0 Å². The van der Waals surface area contributed by atoms with Crippen molar-refractivity contribution in [2.45, 2.75) is 24.9 Å². The summed E-state index contributed by atoms with van der Waals surface area (Å²) in [5.41, 5.74) is 7.31. The number of hydrogen-bond acceptors (Lipinski definition) is 4. The van der Waals surface area contributed by atoms with Gasteiger partial charge in [0.2, 0.25) is 0 Å². The lowest BCUT2D eigenvalue weighted by Gasteiger charge is -2.39. The Morgan fingerprint density at radius 2 is 2.05 bits per heavy atom. The lowest BCUT2D eigenvalue weighted by atomic mass is 9.94. The van der Waals surface area contributed by atoms with Gasteiger partial charge in [-0.3, -0.25) is 0 Å². The minimum absolute atomic E-state index is 0.0305. The van der Waals surface area contributed by atoms with Gasteiger partial charge in [-0.25, -0.2) is 0 Å². The van der Waals surface area contributed by atoms with Crippen molar-refractivity contribution in [2.24, 2.45) is 5.73 Å². The van der Waals surface area contributed by atoms with E-state index in [9.17, 15) is 0 Å². The molecule has 0 aromatic heterocycles. The smallest absolute Gasteiger partial charge is 0.119 e. The molecule has 19 heavy (non-hydrogen) atoms. The van der Waals surface area contributed by atoms with Crippen molar-refractivity contribution in [3.63, 3.8) is 0 Å². The van der Waals surface area contributed by atoms with E-state index in [1.54, 1.807) is 7.11 Å². The third-order valence-corrected chi connectivity index (χ3v) is 4.52. The second-order valence-electron chi connectivity index (χ2n) is 5.65. The van der Waals surface area contributed by atoms with Crippen LogP contribution < -0.4 is 15.4 Å². The molecule has 0 radical (unpaired) electrons. The summed E-state index contributed by atoms with van der Waals surface area (Å²) >= 11 is 0. The second kappa shape index (κ2) is 5.39. The zero-order valence-corrected chi connectivity index (χ0v) is 12.4. The molecule has 4 nitrogen and oxygen atoms in total. The number of hydrogen-bond donors (Lipinski definition) is 1. The zero-order valence-electron chi connectivity index (χ0n) is 12.4. The molecule has 1 fully saturated rings. The number of methoxy groups -OCH3 is 1. The molecule has 2 atom stereocenters. The number of likely N-dealkylation sites (N-methyl/N-ethyl adjacent to an activating group) is 2. The average Bonchev–Trinajstić information content (AvgIpc) is 2.74. The van der Waals surface area contributed by atoms with E-state index in [2.05, 4.69) is 43.0 Å². The fourth-order valence-electron chi connectivity index (χ4n) is 3.00. The predicted octanol–water partition coefficient (Wildman–Crippen LogP) is 1.55. The van der Waals surface area contributed by atoms with Crippen molar-refractivity contribution in [3.05, 3.63) is 24.3 Å². The number of ether oxygens (including phenoxy) is 1. The third kappa shape index (κ3) is 2.55. The van der Waals surface area contributed by atoms with E-state index in [1.165, 1.54) is 5.69 Å². The first-order valence-corrected chi connectivity index (χ1v) is 6.80. The highest BCUT2D eigenvalue weighted by Gasteiger charge is 2.42. The standard InChI is InChI=1S/C15H25N3O/c1-12-9-15(10-16,11-17(12)2)18(3)13-5-7-14(19-4)8-6-13/h5-8,12H,9-11,16H2,1-4H3. The van der Waals surface area contributed by atoms with Crippen molar-refractivity contribution in [2.75, 3.05) is 39.2 Å². The number of rotatable bonds is 4. The lowest BCUT2D eigenvalue weighted by molar-refractivity contribution is 0.318. The summed E-state index contributed by atoms with van der Waals surface area (Å²) in [6.45, 7) is 3.94. The maximum Gasteiger partial charge on any atom is 0.119 e. The maximum absolute atomic E-state index is 6.09. The van der Waals surface area contributed by atoms with E-state index in [-0.39, 0.29) is 5.54 Å². The van der Waals surface area contributed by atoms with Crippen LogP contribution in [0, 0.1) is 0 Å². The summed E-state index contributed by atoms with van der Waals surface area (Å²) in [6.07, 6.45) is 1.10. The molecule has 2 rings (SSSR count). The van der Waals surface area contributed by atoms with E-state index in [0.717, 1.165) is 18.7 Å². The van der Waals surface area contributed by atoms with E-state index in [0.29, 0.717) is 12.6 Å². The van der Waals surface area contributed by atoms with Gasteiger partial charge in [0.15, 0.2) is 0 Å². The van der Waals surface area contributed by atoms with E-state index < -0.39 is 0 Å². The van der Waals surface area contributed by atoms with Crippen LogP contribution in [-0.2, 0) is 0 Å². The maximum atomic E-state index is 6.09. The Balaban J connectivity index is 2.23. The molecule has 1 heterocycles. The Kier molecular flexibility index (Phi) is 4.02. The van der Waals surface area contributed by atoms with Crippen molar-refractivity contribution >= 4 is 5.69 Å². The first kappa shape index (κ1) is 14.2. The van der Waals surface area contributed by atoms with Crippen molar-refractivity contribution in [1.82, 2.24) is 4.90 Å². The molecular weight excluding hydrogens is 238 g/mol. The van der Waals surface area contributed by atoms with E-state index in [1.807, 2.05) is 12.1 Å². The highest BCUT2D eigenvalue weighted by atomic mass is 16.5. The first-order chi connectivity index (χ1) is 9.02. The highest BCUT2D eigenvalue weighted by Crippen LogP contribution is 2.33. The molecule has 1 aliphatic heterocycles. The van der Waals surface area contributed by atoms with Gasteiger partial charge in [-0.05, 0) is 44.7 Å². The quantitative estimate of drug-likeness (QED) is 0.895. The molecule has 0 amide bonds. The van der Waals surface area contributed by atoms with Gasteiger partial charge in [-0.1, -0.05) is 0 Å². The van der Waals surface area contributed by atoms with Gasteiger partial charge in [0.05, 0.1) is 12.6 Å². The zero-order chi connectivity index (χ0) is 14.0. The summed E-state index contributed by atoms with van der Waals surface area (Å²) in [5.74, 6) is 0.885. The normalized spacial score (nSPS) is 27.5. The summed E-state index contributed by atoms with van der Waals surface area (Å²) < 4.78 is 5.21. The number of nitrogens with zero attached hydrogens (tertiary/aromatic N) is 2. The average molecular weight is 263 g/mol. The summed E-state index contributed by atoms with van der Waals surface area (Å²) in [6, 6.07) is 8.76. The molecule has 1 aromatic rings. The Morgan fingerprint density at radius 1 is 1.42 bits per heavy atom. The van der Waals surface area contributed by atoms with Crippen LogP contribution in [0.5, 0.6) is 5.75 Å². The lowest BCUT2D eigenvalue weighted by Crippen LogP contribution is -2.54. The molecule has 2 unspecified atom stereocenters. The van der Waals surface area contributed by atoms with Crippen molar-refractivity contribution < 1.29 is 4.74 Å². The van der Waals surface area contributed by atoms with Crippen molar-refractivity contribution in [3.8, 4) is 5.75 Å². The molecule has 0 bridgehead atoms. The summed E-state index contributed by atoms with van der Waals surface area (Å²) in [5, 5.41) is 0. The Hall–Kier alpha value is -1.26. The van der Waals surface area contributed by atoms with Gasteiger partial charge in [0.1, 0.15) is 5.75 Å². The van der Waals surface area contributed by atoms with Gasteiger partial charge in [-0.15, -0.1) is 0 Å². The topological polar surface area (TPSA) is 41.7 Å². The highest BCUT2D eigenvalue weighted by molar-refractivity contribution is 5.51. The fraction of sp³-hybridized carbons (Fsp3) is 0.600. The fourth-order valence-corrected chi connectivity index (χ4v) is 3.00. The van der Waals surface area contributed by atoms with Crippen LogP contribution in [0.1, 0.15) is 13.3 Å². The van der Waals surface area contributed by atoms with Crippen LogP contribution in [0.3, 0.4) is 0 Å². The largest absolute Gasteiger partial charge is 0.497 e. The van der Waals surface area contributed by atoms with Crippen LogP contribution in [0.4, 0.5) is 5.69 Å². The Labute approximate surface area is 116 Å². The van der Waals surface area contributed by atoms with Crippen LogP contribution in [0.15, 0.2) is 24.3 Å². The van der Waals surface area contributed by atoms with Crippen LogP contribution in [-0.4, -0.2) is 50.8 Å². The SMILES string of the molecule is COc1ccc(N(C)C2(CN)CC(C)N(C)C2)cc1. The molecule has 4 heteroatoms. The van der Waals surface area contributed by atoms with Gasteiger partial charge in [0, 0.05) is 31.9 Å². The molecular formula is C15H25N3O. The Bertz CT molecular complexity index is 408. The van der Waals surface area contributed by atoms with Gasteiger partial charge >= 0.3 is 0 Å².